The van der Waals surface area contributed by atoms with Crippen molar-refractivity contribution >= 4 is 8.60 Å². The van der Waals surface area contributed by atoms with Gasteiger partial charge in [0.05, 0.1) is 13.2 Å². The van der Waals surface area contributed by atoms with E-state index >= 15 is 0 Å². The summed E-state index contributed by atoms with van der Waals surface area (Å²) < 4.78 is 17.0. The van der Waals surface area contributed by atoms with Crippen LogP contribution in [-0.4, -0.2) is 13.2 Å². The Morgan fingerprint density at radius 2 is 1.58 bits per heavy atom. The second kappa shape index (κ2) is 5.40. The first-order valence-corrected chi connectivity index (χ1v) is 7.70. The first-order chi connectivity index (χ1) is 8.76. The molecule has 0 amide bonds. The quantitative estimate of drug-likeness (QED) is 0.738. The van der Waals surface area contributed by atoms with Gasteiger partial charge in [-0.05, 0) is 23.1 Å². The highest BCUT2D eigenvalue weighted by Gasteiger charge is 2.31. The van der Waals surface area contributed by atoms with E-state index in [0.29, 0.717) is 13.2 Å². The molecule has 1 fully saturated rings. The van der Waals surface area contributed by atoms with Gasteiger partial charge < -0.3 is 13.6 Å². The number of hydrogen-bond donors (Lipinski definition) is 0. The van der Waals surface area contributed by atoms with Crippen LogP contribution in [0.15, 0.2) is 24.3 Å². The van der Waals surface area contributed by atoms with Gasteiger partial charge in [-0.15, -0.1) is 0 Å². The van der Waals surface area contributed by atoms with Gasteiger partial charge in [-0.2, -0.15) is 0 Å². The molecule has 2 rings (SSSR count). The molecule has 1 aromatic carbocycles. The van der Waals surface area contributed by atoms with Crippen molar-refractivity contribution in [2.75, 3.05) is 13.2 Å². The normalized spacial score (nSPS) is 20.3. The minimum absolute atomic E-state index is 0.0816. The zero-order valence-electron chi connectivity index (χ0n) is 12.4. The average molecular weight is 282 g/mol. The van der Waals surface area contributed by atoms with Gasteiger partial charge >= 0.3 is 8.60 Å². The fraction of sp³-hybridized carbons (Fsp3) is 0.600. The van der Waals surface area contributed by atoms with Crippen LogP contribution >= 0.6 is 8.60 Å². The second-order valence-electron chi connectivity index (χ2n) is 6.80. The summed E-state index contributed by atoms with van der Waals surface area (Å²) in [4.78, 5) is 0. The number of benzene rings is 1. The first kappa shape index (κ1) is 14.8. The molecule has 19 heavy (non-hydrogen) atoms. The fourth-order valence-corrected chi connectivity index (χ4v) is 3.07. The van der Waals surface area contributed by atoms with Crippen molar-refractivity contribution in [3.8, 4) is 5.75 Å². The Hall–Kier alpha value is -0.630. The molecule has 1 aromatic rings. The molecule has 0 aliphatic carbocycles. The largest absolute Gasteiger partial charge is 0.427 e. The zero-order chi connectivity index (χ0) is 14.1. The Bertz CT molecular complexity index is 410. The highest BCUT2D eigenvalue weighted by molar-refractivity contribution is 7.42. The highest BCUT2D eigenvalue weighted by Crippen LogP contribution is 2.47. The summed E-state index contributed by atoms with van der Waals surface area (Å²) in [6, 6.07) is 8.15. The SMILES string of the molecule is CC1(C)COP(Oc2ccc(C(C)(C)C)cc2)OC1. The minimum Gasteiger partial charge on any atom is -0.427 e. The lowest BCUT2D eigenvalue weighted by Gasteiger charge is -2.32. The van der Waals surface area contributed by atoms with Gasteiger partial charge in [0.15, 0.2) is 0 Å². The van der Waals surface area contributed by atoms with Gasteiger partial charge in [-0.3, -0.25) is 0 Å². The molecule has 0 spiro atoms. The third-order valence-corrected chi connectivity index (χ3v) is 4.06. The van der Waals surface area contributed by atoms with E-state index in [9.17, 15) is 0 Å². The van der Waals surface area contributed by atoms with E-state index in [1.165, 1.54) is 5.56 Å². The van der Waals surface area contributed by atoms with E-state index in [0.717, 1.165) is 5.75 Å². The van der Waals surface area contributed by atoms with Crippen LogP contribution in [0.5, 0.6) is 5.75 Å². The van der Waals surface area contributed by atoms with Crippen LogP contribution in [0.3, 0.4) is 0 Å². The summed E-state index contributed by atoms with van der Waals surface area (Å²) >= 11 is 0. The maximum absolute atomic E-state index is 5.74. The molecule has 1 saturated heterocycles. The van der Waals surface area contributed by atoms with Gasteiger partial charge in [0.2, 0.25) is 0 Å². The second-order valence-corrected chi connectivity index (χ2v) is 7.95. The van der Waals surface area contributed by atoms with Gasteiger partial charge in [0, 0.05) is 5.41 Å². The molecule has 1 heterocycles. The van der Waals surface area contributed by atoms with Crippen molar-refractivity contribution < 1.29 is 13.6 Å². The van der Waals surface area contributed by atoms with E-state index in [2.05, 4.69) is 46.8 Å². The summed E-state index contributed by atoms with van der Waals surface area (Å²) in [5.74, 6) is 0.804. The van der Waals surface area contributed by atoms with E-state index < -0.39 is 8.60 Å². The summed E-state index contributed by atoms with van der Waals surface area (Å²) in [5.41, 5.74) is 1.53. The molecule has 1 aliphatic heterocycles. The third kappa shape index (κ3) is 4.17. The highest BCUT2D eigenvalue weighted by atomic mass is 31.2. The Morgan fingerprint density at radius 3 is 2.05 bits per heavy atom. The number of rotatable bonds is 2. The smallest absolute Gasteiger partial charge is 0.397 e. The molecule has 0 radical (unpaired) electrons. The topological polar surface area (TPSA) is 27.7 Å². The molecule has 0 unspecified atom stereocenters. The average Bonchev–Trinajstić information content (AvgIpc) is 2.31. The minimum atomic E-state index is -1.24. The van der Waals surface area contributed by atoms with Crippen molar-refractivity contribution in [1.29, 1.82) is 0 Å². The van der Waals surface area contributed by atoms with Gasteiger partial charge in [0.25, 0.3) is 0 Å². The van der Waals surface area contributed by atoms with Crippen LogP contribution in [0.25, 0.3) is 0 Å². The predicted molar refractivity (Wildman–Crippen MR) is 78.4 cm³/mol. The van der Waals surface area contributed by atoms with Gasteiger partial charge in [-0.1, -0.05) is 46.8 Å². The first-order valence-electron chi connectivity index (χ1n) is 6.61. The predicted octanol–water partition coefficient (Wildman–Crippen LogP) is 4.66. The molecule has 0 aromatic heterocycles. The van der Waals surface area contributed by atoms with Crippen LogP contribution in [0.1, 0.15) is 40.2 Å². The zero-order valence-corrected chi connectivity index (χ0v) is 13.3. The molecule has 0 bridgehead atoms. The molecule has 4 heteroatoms. The molecule has 1 aliphatic rings. The summed E-state index contributed by atoms with van der Waals surface area (Å²) in [6.07, 6.45) is 0. The Labute approximate surface area is 117 Å². The molecular weight excluding hydrogens is 259 g/mol. The van der Waals surface area contributed by atoms with Gasteiger partial charge in [0.1, 0.15) is 5.75 Å². The Morgan fingerprint density at radius 1 is 1.05 bits per heavy atom. The lowest BCUT2D eigenvalue weighted by Crippen LogP contribution is -2.28. The van der Waals surface area contributed by atoms with Gasteiger partial charge in [-0.25, -0.2) is 0 Å². The van der Waals surface area contributed by atoms with Crippen molar-refractivity contribution in [2.24, 2.45) is 5.41 Å². The van der Waals surface area contributed by atoms with E-state index in [1.54, 1.807) is 0 Å². The summed E-state index contributed by atoms with van der Waals surface area (Å²) in [7, 11) is -1.24. The molecule has 0 saturated carbocycles. The molecule has 0 atom stereocenters. The van der Waals surface area contributed by atoms with E-state index in [4.69, 9.17) is 13.6 Å². The maximum Gasteiger partial charge on any atom is 0.397 e. The van der Waals surface area contributed by atoms with Crippen LogP contribution in [-0.2, 0) is 14.5 Å². The van der Waals surface area contributed by atoms with Crippen LogP contribution in [0.4, 0.5) is 0 Å². The standard InChI is InChI=1S/C15H23O3P/c1-14(2,3)12-6-8-13(9-7-12)18-19-16-10-15(4,5)11-17-19/h6-9H,10-11H2,1-5H3. The molecule has 3 nitrogen and oxygen atoms in total. The third-order valence-electron chi connectivity index (χ3n) is 3.02. The maximum atomic E-state index is 5.74. The molecule has 106 valence electrons. The number of hydrogen-bond acceptors (Lipinski definition) is 3. The van der Waals surface area contributed by atoms with Crippen LogP contribution < -0.4 is 4.52 Å². The fourth-order valence-electron chi connectivity index (χ4n) is 1.69. The lowest BCUT2D eigenvalue weighted by molar-refractivity contribution is 0.0426. The van der Waals surface area contributed by atoms with Crippen molar-refractivity contribution in [1.82, 2.24) is 0 Å². The van der Waals surface area contributed by atoms with Crippen LogP contribution in [0.2, 0.25) is 0 Å². The van der Waals surface area contributed by atoms with Crippen molar-refractivity contribution in [3.05, 3.63) is 29.8 Å². The van der Waals surface area contributed by atoms with Crippen molar-refractivity contribution in [2.45, 2.75) is 40.0 Å². The molecule has 0 N–H and O–H groups in total. The van der Waals surface area contributed by atoms with E-state index in [-0.39, 0.29) is 10.8 Å². The Balaban J connectivity index is 1.94. The van der Waals surface area contributed by atoms with Crippen molar-refractivity contribution in [3.63, 3.8) is 0 Å². The Kier molecular flexibility index (Phi) is 4.20. The lowest BCUT2D eigenvalue weighted by atomic mass is 9.87. The monoisotopic (exact) mass is 282 g/mol. The molecular formula is C15H23O3P. The van der Waals surface area contributed by atoms with Crippen LogP contribution in [0, 0.1) is 5.41 Å². The summed E-state index contributed by atoms with van der Waals surface area (Å²) in [5, 5.41) is 0. The summed E-state index contributed by atoms with van der Waals surface area (Å²) in [6.45, 7) is 12.2. The van der Waals surface area contributed by atoms with E-state index in [1.807, 2.05) is 12.1 Å².